The van der Waals surface area contributed by atoms with E-state index in [1.54, 1.807) is 31.3 Å². The van der Waals surface area contributed by atoms with Crippen LogP contribution in [0, 0.1) is 0 Å². The molecule has 1 aromatic carbocycles. The van der Waals surface area contributed by atoms with Gasteiger partial charge in [0, 0.05) is 12.6 Å². The molecular weight excluding hydrogens is 322 g/mol. The van der Waals surface area contributed by atoms with Crippen LogP contribution in [0.15, 0.2) is 30.5 Å². The van der Waals surface area contributed by atoms with Gasteiger partial charge in [0.05, 0.1) is 17.8 Å². The zero-order chi connectivity index (χ0) is 16.6. The third kappa shape index (κ3) is 2.63. The Morgan fingerprint density at radius 1 is 1.39 bits per heavy atom. The molecule has 1 N–H and O–H groups in total. The van der Waals surface area contributed by atoms with E-state index >= 15 is 0 Å². The van der Waals surface area contributed by atoms with Crippen molar-refractivity contribution in [2.24, 2.45) is 7.05 Å². The summed E-state index contributed by atoms with van der Waals surface area (Å²) in [6.07, 6.45) is 1.35. The lowest BCUT2D eigenvalue weighted by Crippen LogP contribution is -2.40. The quantitative estimate of drug-likeness (QED) is 0.903. The first-order valence-electron chi connectivity index (χ1n) is 6.93. The summed E-state index contributed by atoms with van der Waals surface area (Å²) in [5.41, 5.74) is 0.585. The monoisotopic (exact) mass is 335 g/mol. The number of hydrogen-bond donors (Lipinski definition) is 1. The number of carbonyl (C=O) groups excluding carboxylic acids is 1. The van der Waals surface area contributed by atoms with Crippen molar-refractivity contribution in [1.82, 2.24) is 14.7 Å². The average Bonchev–Trinajstić information content (AvgIpc) is 2.74. The fourth-order valence-electron chi connectivity index (χ4n) is 2.66. The van der Waals surface area contributed by atoms with Gasteiger partial charge in [0.1, 0.15) is 18.1 Å². The van der Waals surface area contributed by atoms with Gasteiger partial charge in [0.25, 0.3) is 5.91 Å². The molecule has 1 aromatic heterocycles. The number of carbonyl (C=O) groups is 2. The number of aryl methyl sites for hydroxylation is 1. The Bertz CT molecular complexity index is 754. The molecule has 120 valence electrons. The highest BCUT2D eigenvalue weighted by molar-refractivity contribution is 6.33. The van der Waals surface area contributed by atoms with Crippen LogP contribution in [0.5, 0.6) is 5.75 Å². The largest absolute Gasteiger partial charge is 0.491 e. The van der Waals surface area contributed by atoms with E-state index < -0.39 is 17.9 Å². The molecule has 0 saturated heterocycles. The van der Waals surface area contributed by atoms with Crippen LogP contribution in [0.25, 0.3) is 0 Å². The standard InChI is InChI=1S/C15H14ClN3O4/c1-18-13(10(16)8-17-18)14(20)19-6-7-23-11-5-3-2-4-9(11)12(19)15(21)22/h2-5,8,12H,6-7H2,1H3,(H,21,22). The number of rotatable bonds is 2. The molecule has 1 atom stereocenters. The zero-order valence-corrected chi connectivity index (χ0v) is 13.0. The number of ether oxygens (including phenoxy) is 1. The summed E-state index contributed by atoms with van der Waals surface area (Å²) in [5, 5.41) is 13.8. The minimum atomic E-state index is -1.15. The molecule has 1 aliphatic rings. The van der Waals surface area contributed by atoms with Crippen LogP contribution in [0.3, 0.4) is 0 Å². The summed E-state index contributed by atoms with van der Waals surface area (Å²) in [4.78, 5) is 25.9. The second-order valence-corrected chi connectivity index (χ2v) is 5.50. The number of hydrogen-bond acceptors (Lipinski definition) is 4. The van der Waals surface area contributed by atoms with Gasteiger partial charge in [-0.3, -0.25) is 9.48 Å². The number of aliphatic carboxylic acids is 1. The lowest BCUT2D eigenvalue weighted by atomic mass is 10.0. The minimum absolute atomic E-state index is 0.131. The summed E-state index contributed by atoms with van der Waals surface area (Å²) < 4.78 is 6.91. The van der Waals surface area contributed by atoms with Crippen LogP contribution in [-0.2, 0) is 11.8 Å². The van der Waals surface area contributed by atoms with Crippen LogP contribution >= 0.6 is 11.6 Å². The summed E-state index contributed by atoms with van der Waals surface area (Å²) in [6, 6.07) is 5.66. The first kappa shape index (κ1) is 15.4. The van der Waals surface area contributed by atoms with Crippen molar-refractivity contribution in [2.45, 2.75) is 6.04 Å². The number of carboxylic acid groups (broad SMARTS) is 1. The van der Waals surface area contributed by atoms with Crippen molar-refractivity contribution in [1.29, 1.82) is 0 Å². The molecule has 1 amide bonds. The third-order valence-electron chi connectivity index (χ3n) is 3.71. The lowest BCUT2D eigenvalue weighted by Gasteiger charge is -2.26. The first-order chi connectivity index (χ1) is 11.0. The van der Waals surface area contributed by atoms with Gasteiger partial charge >= 0.3 is 5.97 Å². The number of halogens is 1. The summed E-state index contributed by atoms with van der Waals surface area (Å²) >= 11 is 6.02. The Labute approximate surface area is 137 Å². The SMILES string of the molecule is Cn1ncc(Cl)c1C(=O)N1CCOc2ccccc2C1C(=O)O. The van der Waals surface area contributed by atoms with Crippen molar-refractivity contribution in [3.05, 3.63) is 46.7 Å². The van der Waals surface area contributed by atoms with Gasteiger partial charge in [-0.05, 0) is 6.07 Å². The number of carboxylic acids is 1. The van der Waals surface area contributed by atoms with E-state index in [-0.39, 0.29) is 23.9 Å². The molecule has 1 aliphatic heterocycles. The smallest absolute Gasteiger partial charge is 0.331 e. The average molecular weight is 336 g/mol. The Kier molecular flexibility index (Phi) is 3.96. The number of para-hydroxylation sites is 1. The highest BCUT2D eigenvalue weighted by Gasteiger charge is 2.37. The molecule has 3 rings (SSSR count). The topological polar surface area (TPSA) is 84.7 Å². The van der Waals surface area contributed by atoms with E-state index in [2.05, 4.69) is 5.10 Å². The molecule has 2 aromatic rings. The number of fused-ring (bicyclic) bond motifs is 1. The molecule has 0 aliphatic carbocycles. The normalized spacial score (nSPS) is 17.1. The van der Waals surface area contributed by atoms with Gasteiger partial charge in [0.2, 0.25) is 0 Å². The number of amides is 1. The van der Waals surface area contributed by atoms with Crippen LogP contribution in [0.4, 0.5) is 0 Å². The maximum atomic E-state index is 12.8. The highest BCUT2D eigenvalue weighted by atomic mass is 35.5. The molecule has 8 heteroatoms. The molecule has 0 bridgehead atoms. The van der Waals surface area contributed by atoms with E-state index in [4.69, 9.17) is 16.3 Å². The summed E-state index contributed by atoms with van der Waals surface area (Å²) in [5.74, 6) is -1.16. The second-order valence-electron chi connectivity index (χ2n) is 5.09. The fraction of sp³-hybridized carbons (Fsp3) is 0.267. The van der Waals surface area contributed by atoms with Gasteiger partial charge in [-0.2, -0.15) is 5.10 Å². The molecule has 0 saturated carbocycles. The van der Waals surface area contributed by atoms with E-state index in [0.717, 1.165) is 0 Å². The molecule has 2 heterocycles. The van der Waals surface area contributed by atoms with E-state index in [1.165, 1.54) is 15.8 Å². The fourth-order valence-corrected chi connectivity index (χ4v) is 2.91. The predicted octanol–water partition coefficient (Wildman–Crippen LogP) is 1.73. The van der Waals surface area contributed by atoms with Gasteiger partial charge in [-0.25, -0.2) is 4.79 Å². The van der Waals surface area contributed by atoms with Crippen LogP contribution in [0.2, 0.25) is 5.02 Å². The van der Waals surface area contributed by atoms with Crippen molar-refractivity contribution < 1.29 is 19.4 Å². The van der Waals surface area contributed by atoms with Crippen molar-refractivity contribution >= 4 is 23.5 Å². The molecule has 7 nitrogen and oxygen atoms in total. The van der Waals surface area contributed by atoms with Gasteiger partial charge < -0.3 is 14.7 Å². The molecule has 23 heavy (non-hydrogen) atoms. The van der Waals surface area contributed by atoms with Gasteiger partial charge in [-0.1, -0.05) is 29.8 Å². The summed E-state index contributed by atoms with van der Waals surface area (Å²) in [7, 11) is 1.58. The number of aromatic nitrogens is 2. The van der Waals surface area contributed by atoms with Crippen molar-refractivity contribution in [3.8, 4) is 5.75 Å². The van der Waals surface area contributed by atoms with Crippen LogP contribution in [-0.4, -0.2) is 44.8 Å². The third-order valence-corrected chi connectivity index (χ3v) is 3.98. The Morgan fingerprint density at radius 3 is 2.78 bits per heavy atom. The van der Waals surface area contributed by atoms with E-state index in [9.17, 15) is 14.7 Å². The van der Waals surface area contributed by atoms with Crippen molar-refractivity contribution in [2.75, 3.05) is 13.2 Å². The predicted molar refractivity (Wildman–Crippen MR) is 81.6 cm³/mol. The summed E-state index contributed by atoms with van der Waals surface area (Å²) in [6.45, 7) is 0.327. The van der Waals surface area contributed by atoms with Gasteiger partial charge in [0.15, 0.2) is 6.04 Å². The minimum Gasteiger partial charge on any atom is -0.491 e. The van der Waals surface area contributed by atoms with Crippen molar-refractivity contribution in [3.63, 3.8) is 0 Å². The zero-order valence-electron chi connectivity index (χ0n) is 12.3. The molecular formula is C15H14ClN3O4. The van der Waals surface area contributed by atoms with Crippen LogP contribution < -0.4 is 4.74 Å². The van der Waals surface area contributed by atoms with E-state index in [0.29, 0.717) is 11.3 Å². The Balaban J connectivity index is 2.07. The maximum absolute atomic E-state index is 12.8. The Hall–Kier alpha value is -2.54. The Morgan fingerprint density at radius 2 is 2.13 bits per heavy atom. The lowest BCUT2D eigenvalue weighted by molar-refractivity contribution is -0.142. The molecule has 0 fully saturated rings. The maximum Gasteiger partial charge on any atom is 0.331 e. The molecule has 1 unspecified atom stereocenters. The second kappa shape index (κ2) is 5.92. The molecule has 0 spiro atoms. The first-order valence-corrected chi connectivity index (χ1v) is 7.31. The number of benzene rings is 1. The van der Waals surface area contributed by atoms with E-state index in [1.807, 2.05) is 0 Å². The molecule has 0 radical (unpaired) electrons. The number of nitrogens with zero attached hydrogens (tertiary/aromatic N) is 3. The van der Waals surface area contributed by atoms with Gasteiger partial charge in [-0.15, -0.1) is 0 Å². The van der Waals surface area contributed by atoms with Crippen LogP contribution in [0.1, 0.15) is 22.1 Å². The highest BCUT2D eigenvalue weighted by Crippen LogP contribution is 2.33.